The van der Waals surface area contributed by atoms with Crippen LogP contribution in [0, 0.1) is 0 Å². The summed E-state index contributed by atoms with van der Waals surface area (Å²) in [5, 5.41) is 5.05. The van der Waals surface area contributed by atoms with Crippen molar-refractivity contribution in [3.63, 3.8) is 0 Å². The lowest BCUT2D eigenvalue weighted by Gasteiger charge is -2.15. The number of fused-ring (bicyclic) bond motifs is 6. The zero-order chi connectivity index (χ0) is 33.0. The van der Waals surface area contributed by atoms with E-state index in [0.29, 0.717) is 0 Å². The van der Waals surface area contributed by atoms with Crippen molar-refractivity contribution in [2.45, 2.75) is 0 Å². The van der Waals surface area contributed by atoms with Crippen LogP contribution in [-0.4, -0.2) is 9.13 Å². The molecular formula is C48H32N2. The maximum atomic E-state index is 2.42. The van der Waals surface area contributed by atoms with Crippen LogP contribution in [0.5, 0.6) is 0 Å². The van der Waals surface area contributed by atoms with Crippen molar-refractivity contribution in [2.75, 3.05) is 0 Å². The van der Waals surface area contributed by atoms with Gasteiger partial charge < -0.3 is 9.13 Å². The molecule has 234 valence electrons. The zero-order valence-corrected chi connectivity index (χ0v) is 27.4. The van der Waals surface area contributed by atoms with E-state index in [0.717, 1.165) is 11.4 Å². The summed E-state index contributed by atoms with van der Waals surface area (Å²) in [6.07, 6.45) is 0. The average molecular weight is 637 g/mol. The van der Waals surface area contributed by atoms with E-state index in [4.69, 9.17) is 0 Å². The molecule has 2 heteroatoms. The normalized spacial score (nSPS) is 11.6. The second-order valence-electron chi connectivity index (χ2n) is 13.0. The monoisotopic (exact) mass is 636 g/mol. The Kier molecular flexibility index (Phi) is 6.53. The summed E-state index contributed by atoms with van der Waals surface area (Å²) < 4.78 is 4.79. The van der Waals surface area contributed by atoms with Crippen LogP contribution in [0.4, 0.5) is 0 Å². The maximum Gasteiger partial charge on any atom is 0.0541 e. The third-order valence-corrected chi connectivity index (χ3v) is 10.1. The second-order valence-corrected chi connectivity index (χ2v) is 13.0. The number of hydrogen-bond donors (Lipinski definition) is 0. The molecule has 0 unspecified atom stereocenters. The van der Waals surface area contributed by atoms with E-state index < -0.39 is 0 Å². The maximum absolute atomic E-state index is 2.42. The fraction of sp³-hybridized carbons (Fsp3) is 0. The van der Waals surface area contributed by atoms with Crippen LogP contribution in [0.25, 0.3) is 88.4 Å². The van der Waals surface area contributed by atoms with Gasteiger partial charge in [-0.25, -0.2) is 0 Å². The number of rotatable bonds is 5. The van der Waals surface area contributed by atoms with Crippen LogP contribution in [-0.2, 0) is 0 Å². The van der Waals surface area contributed by atoms with Gasteiger partial charge in [-0.2, -0.15) is 0 Å². The molecule has 8 aromatic carbocycles. The van der Waals surface area contributed by atoms with Crippen molar-refractivity contribution in [1.82, 2.24) is 9.13 Å². The molecule has 0 spiro atoms. The Morgan fingerprint density at radius 2 is 0.680 bits per heavy atom. The Labute approximate surface area is 290 Å². The van der Waals surface area contributed by atoms with Crippen LogP contribution in [0.3, 0.4) is 0 Å². The molecular weight excluding hydrogens is 605 g/mol. The minimum atomic E-state index is 1.15. The summed E-state index contributed by atoms with van der Waals surface area (Å²) in [5.74, 6) is 0. The van der Waals surface area contributed by atoms with Crippen LogP contribution in [0.2, 0.25) is 0 Å². The highest BCUT2D eigenvalue weighted by Gasteiger charge is 2.17. The molecule has 50 heavy (non-hydrogen) atoms. The Morgan fingerprint density at radius 1 is 0.240 bits per heavy atom. The van der Waals surface area contributed by atoms with E-state index in [1.807, 2.05) is 0 Å². The molecule has 10 rings (SSSR count). The summed E-state index contributed by atoms with van der Waals surface area (Å²) in [6, 6.07) is 70.4. The average Bonchev–Trinajstić information content (AvgIpc) is 3.71. The van der Waals surface area contributed by atoms with Gasteiger partial charge in [-0.1, -0.05) is 140 Å². The fourth-order valence-corrected chi connectivity index (χ4v) is 7.83. The lowest BCUT2D eigenvalue weighted by Crippen LogP contribution is -1.96. The van der Waals surface area contributed by atoms with E-state index in [1.165, 1.54) is 77.0 Å². The van der Waals surface area contributed by atoms with Crippen LogP contribution in [0.1, 0.15) is 0 Å². The number of hydrogen-bond acceptors (Lipinski definition) is 0. The predicted octanol–water partition coefficient (Wildman–Crippen LogP) is 12.9. The topological polar surface area (TPSA) is 9.86 Å². The molecule has 0 aliphatic heterocycles. The highest BCUT2D eigenvalue weighted by molar-refractivity contribution is 6.11. The molecule has 0 aliphatic rings. The summed E-state index contributed by atoms with van der Waals surface area (Å²) in [7, 11) is 0. The molecule has 10 aromatic rings. The number of nitrogens with zero attached hydrogens (tertiary/aromatic N) is 2. The van der Waals surface area contributed by atoms with Crippen molar-refractivity contribution < 1.29 is 0 Å². The lowest BCUT2D eigenvalue weighted by atomic mass is 9.94. The largest absolute Gasteiger partial charge is 0.309 e. The molecule has 2 heterocycles. The molecule has 0 fully saturated rings. The highest BCUT2D eigenvalue weighted by Crippen LogP contribution is 2.39. The van der Waals surface area contributed by atoms with Crippen molar-refractivity contribution >= 4 is 43.6 Å². The van der Waals surface area contributed by atoms with Crippen molar-refractivity contribution in [1.29, 1.82) is 0 Å². The molecule has 2 nitrogen and oxygen atoms in total. The van der Waals surface area contributed by atoms with Crippen molar-refractivity contribution in [2.24, 2.45) is 0 Å². The summed E-state index contributed by atoms with van der Waals surface area (Å²) in [4.78, 5) is 0. The Bertz CT molecular complexity index is 2790. The fourth-order valence-electron chi connectivity index (χ4n) is 7.83. The van der Waals surface area contributed by atoms with E-state index in [-0.39, 0.29) is 0 Å². The third kappa shape index (κ3) is 4.50. The van der Waals surface area contributed by atoms with Gasteiger partial charge in [0.05, 0.1) is 22.1 Å². The summed E-state index contributed by atoms with van der Waals surface area (Å²) >= 11 is 0. The standard InChI is InChI=1S/C48H32N2/c1-3-13-34(14-4-1)39-29-28-38(32-43(39)35-15-5-2-6-16-35)50-47-22-12-9-19-42(47)44-31-36(25-30-48(44)50)33-23-26-37(27-24-33)49-45-20-10-7-17-40(45)41-18-8-11-21-46(41)49/h1-32H. The molecule has 0 amide bonds. The lowest BCUT2D eigenvalue weighted by molar-refractivity contribution is 1.18. The molecule has 2 aromatic heterocycles. The van der Waals surface area contributed by atoms with Crippen molar-refractivity contribution in [3.05, 3.63) is 194 Å². The van der Waals surface area contributed by atoms with Gasteiger partial charge in [-0.3, -0.25) is 0 Å². The molecule has 0 radical (unpaired) electrons. The minimum Gasteiger partial charge on any atom is -0.309 e. The molecule has 0 atom stereocenters. The molecule has 0 N–H and O–H groups in total. The van der Waals surface area contributed by atoms with Crippen molar-refractivity contribution in [3.8, 4) is 44.8 Å². The highest BCUT2D eigenvalue weighted by atomic mass is 15.0. The molecule has 0 saturated carbocycles. The first kappa shape index (κ1) is 28.4. The Hall–Kier alpha value is -6.64. The van der Waals surface area contributed by atoms with Crippen LogP contribution >= 0.6 is 0 Å². The smallest absolute Gasteiger partial charge is 0.0541 e. The van der Waals surface area contributed by atoms with Gasteiger partial charge in [-0.05, 0) is 88.0 Å². The Balaban J connectivity index is 1.10. The summed E-state index contributed by atoms with van der Waals surface area (Å²) in [6.45, 7) is 0. The number of benzene rings is 8. The summed E-state index contributed by atoms with van der Waals surface area (Å²) in [5.41, 5.74) is 14.4. The van der Waals surface area contributed by atoms with Gasteiger partial charge >= 0.3 is 0 Å². The first-order valence-electron chi connectivity index (χ1n) is 17.2. The predicted molar refractivity (Wildman–Crippen MR) is 211 cm³/mol. The zero-order valence-electron chi connectivity index (χ0n) is 27.4. The Morgan fingerprint density at radius 3 is 1.28 bits per heavy atom. The van der Waals surface area contributed by atoms with E-state index >= 15 is 0 Å². The third-order valence-electron chi connectivity index (χ3n) is 10.1. The SMILES string of the molecule is c1ccc(-c2ccc(-n3c4ccccc4c4cc(-c5ccc(-n6c7ccccc7c7ccccc76)cc5)ccc43)cc2-c2ccccc2)cc1. The first-order chi connectivity index (χ1) is 24.8. The van der Waals surface area contributed by atoms with Gasteiger partial charge in [0.1, 0.15) is 0 Å². The first-order valence-corrected chi connectivity index (χ1v) is 17.2. The van der Waals surface area contributed by atoms with Gasteiger partial charge in [0.2, 0.25) is 0 Å². The molecule has 0 bridgehead atoms. The quantitative estimate of drug-likeness (QED) is 0.178. The van der Waals surface area contributed by atoms with Crippen LogP contribution in [0.15, 0.2) is 194 Å². The minimum absolute atomic E-state index is 1.15. The van der Waals surface area contributed by atoms with Gasteiger partial charge in [0, 0.05) is 32.9 Å². The second kappa shape index (κ2) is 11.5. The molecule has 0 aliphatic carbocycles. The molecule has 0 saturated heterocycles. The van der Waals surface area contributed by atoms with Gasteiger partial charge in [0.25, 0.3) is 0 Å². The number of para-hydroxylation sites is 3. The van der Waals surface area contributed by atoms with E-state index in [2.05, 4.69) is 203 Å². The van der Waals surface area contributed by atoms with Crippen LogP contribution < -0.4 is 0 Å². The van der Waals surface area contributed by atoms with Gasteiger partial charge in [0.15, 0.2) is 0 Å². The number of aromatic nitrogens is 2. The van der Waals surface area contributed by atoms with E-state index in [1.54, 1.807) is 0 Å². The van der Waals surface area contributed by atoms with E-state index in [9.17, 15) is 0 Å². The van der Waals surface area contributed by atoms with Gasteiger partial charge in [-0.15, -0.1) is 0 Å².